The van der Waals surface area contributed by atoms with Gasteiger partial charge in [0, 0.05) is 16.3 Å². The van der Waals surface area contributed by atoms with Gasteiger partial charge in [0.15, 0.2) is 17.3 Å². The summed E-state index contributed by atoms with van der Waals surface area (Å²) in [5, 5.41) is 20.4. The van der Waals surface area contributed by atoms with Crippen LogP contribution in [0.3, 0.4) is 0 Å². The first-order chi connectivity index (χ1) is 20.0. The molecule has 1 saturated carbocycles. The molecule has 1 aliphatic rings. The summed E-state index contributed by atoms with van der Waals surface area (Å²) in [4.78, 5) is 30.5. The molecule has 0 radical (unpaired) electrons. The van der Waals surface area contributed by atoms with Crippen molar-refractivity contribution < 1.29 is 23.5 Å². The van der Waals surface area contributed by atoms with Gasteiger partial charge in [0.2, 0.25) is 0 Å². The number of hydrogen-bond donors (Lipinski definition) is 2. The summed E-state index contributed by atoms with van der Waals surface area (Å²) >= 11 is 0. The van der Waals surface area contributed by atoms with Crippen molar-refractivity contribution in [2.24, 2.45) is 17.6 Å². The number of fused-ring (bicyclic) bond motifs is 2. The number of benzene rings is 2. The van der Waals surface area contributed by atoms with Gasteiger partial charge >= 0.3 is 5.97 Å². The summed E-state index contributed by atoms with van der Waals surface area (Å²) in [6, 6.07) is 6.87. The molecule has 9 nitrogen and oxygen atoms in total. The summed E-state index contributed by atoms with van der Waals surface area (Å²) in [7, 11) is 0. The molecule has 0 saturated heterocycles. The fraction of sp³-hybridized carbons (Fsp3) is 0.323. The first kappa shape index (κ1) is 27.5. The third-order valence-electron chi connectivity index (χ3n) is 7.93. The minimum atomic E-state index is -1.21. The maximum atomic E-state index is 13.9. The summed E-state index contributed by atoms with van der Waals surface area (Å²) < 4.78 is 30.7. The van der Waals surface area contributed by atoms with Gasteiger partial charge in [0.05, 0.1) is 47.3 Å². The van der Waals surface area contributed by atoms with E-state index in [4.69, 9.17) is 10.7 Å². The number of aromatic carboxylic acids is 1. The Morgan fingerprint density at radius 2 is 1.83 bits per heavy atom. The van der Waals surface area contributed by atoms with E-state index < -0.39 is 23.5 Å². The van der Waals surface area contributed by atoms with E-state index in [1.54, 1.807) is 12.3 Å². The van der Waals surface area contributed by atoms with Crippen molar-refractivity contribution in [1.82, 2.24) is 24.5 Å². The van der Waals surface area contributed by atoms with Gasteiger partial charge in [0.1, 0.15) is 0 Å². The van der Waals surface area contributed by atoms with Gasteiger partial charge < -0.3 is 10.8 Å². The van der Waals surface area contributed by atoms with E-state index in [1.807, 2.05) is 18.5 Å². The molecule has 3 N–H and O–H groups in total. The highest BCUT2D eigenvalue weighted by molar-refractivity contribution is 6.11. The Bertz CT molecular complexity index is 1890. The van der Waals surface area contributed by atoms with E-state index in [9.17, 15) is 23.5 Å². The molecule has 1 unspecified atom stereocenters. The van der Waals surface area contributed by atoms with E-state index in [-0.39, 0.29) is 29.6 Å². The highest BCUT2D eigenvalue weighted by Crippen LogP contribution is 2.42. The van der Waals surface area contributed by atoms with Crippen LogP contribution in [0.15, 0.2) is 42.7 Å². The Kier molecular flexibility index (Phi) is 6.75. The molecule has 3 aromatic heterocycles. The van der Waals surface area contributed by atoms with Crippen LogP contribution in [-0.2, 0) is 13.0 Å². The lowest BCUT2D eigenvalue weighted by Crippen LogP contribution is -2.19. The van der Waals surface area contributed by atoms with E-state index in [1.165, 1.54) is 23.0 Å². The van der Waals surface area contributed by atoms with Crippen molar-refractivity contribution >= 4 is 33.8 Å². The second kappa shape index (κ2) is 10.3. The maximum absolute atomic E-state index is 13.9. The molecule has 1 aliphatic carbocycles. The second-order valence-corrected chi connectivity index (χ2v) is 11.5. The molecule has 11 heteroatoms. The highest BCUT2D eigenvalue weighted by atomic mass is 19.2. The molecular weight excluding hydrogens is 542 g/mol. The smallest absolute Gasteiger partial charge is 0.337 e. The van der Waals surface area contributed by atoms with Crippen LogP contribution in [0.25, 0.3) is 33.1 Å². The first-order valence-electron chi connectivity index (χ1n) is 13.9. The molecule has 0 bridgehead atoms. The number of carboxylic acids is 1. The standard InChI is InChI=1S/C31H30F2N6O3/c1-15(2)8-25-27(29(34)40)26(22-13-36-39(30(22)37-25)16(3)18-5-6-18)19-10-20-12-35-38(28(20)21(11-19)31(41)42)14-17-4-7-23(32)24(33)9-17/h4,7,9-13,15-16,18H,5-6,8,14H2,1-3H3,(H2,34,40)(H,41,42). The number of carboxylic acid groups (broad SMARTS) is 1. The fourth-order valence-electron chi connectivity index (χ4n) is 5.75. The number of aromatic nitrogens is 5. The number of primary amides is 1. The molecule has 1 amide bonds. The Balaban J connectivity index is 1.59. The number of hydrogen-bond acceptors (Lipinski definition) is 5. The van der Waals surface area contributed by atoms with Gasteiger partial charge in [-0.2, -0.15) is 10.2 Å². The summed E-state index contributed by atoms with van der Waals surface area (Å²) in [5.74, 6) is -3.17. The van der Waals surface area contributed by atoms with Crippen LogP contribution in [0.2, 0.25) is 0 Å². The number of pyridine rings is 1. The first-order valence-corrected chi connectivity index (χ1v) is 13.9. The van der Waals surface area contributed by atoms with Gasteiger partial charge in [-0.05, 0) is 73.4 Å². The Morgan fingerprint density at radius 1 is 1.07 bits per heavy atom. The lowest BCUT2D eigenvalue weighted by Gasteiger charge is -2.18. The second-order valence-electron chi connectivity index (χ2n) is 11.5. The molecule has 0 spiro atoms. The molecular formula is C31H30F2N6O3. The van der Waals surface area contributed by atoms with E-state index in [0.29, 0.717) is 56.7 Å². The number of carbonyl (C=O) groups is 2. The maximum Gasteiger partial charge on any atom is 0.337 e. The van der Waals surface area contributed by atoms with Crippen LogP contribution in [0.1, 0.15) is 71.6 Å². The number of nitrogens with two attached hydrogens (primary N) is 1. The Labute approximate surface area is 240 Å². The van der Waals surface area contributed by atoms with Crippen LogP contribution >= 0.6 is 0 Å². The minimum absolute atomic E-state index is 0.0245. The largest absolute Gasteiger partial charge is 0.478 e. The number of rotatable bonds is 9. The average molecular weight is 573 g/mol. The van der Waals surface area contributed by atoms with Crippen LogP contribution in [0.4, 0.5) is 8.78 Å². The van der Waals surface area contributed by atoms with Gasteiger partial charge in [-0.3, -0.25) is 9.48 Å². The van der Waals surface area contributed by atoms with Crippen molar-refractivity contribution in [3.8, 4) is 11.1 Å². The lowest BCUT2D eigenvalue weighted by molar-refractivity contribution is 0.0698. The molecule has 42 heavy (non-hydrogen) atoms. The molecule has 1 fully saturated rings. The van der Waals surface area contributed by atoms with Crippen molar-refractivity contribution in [1.29, 1.82) is 0 Å². The fourth-order valence-corrected chi connectivity index (χ4v) is 5.75. The highest BCUT2D eigenvalue weighted by Gasteiger charge is 2.32. The van der Waals surface area contributed by atoms with Crippen LogP contribution in [-0.4, -0.2) is 41.5 Å². The minimum Gasteiger partial charge on any atom is -0.478 e. The number of carbonyl (C=O) groups excluding carboxylic acids is 1. The normalized spacial score (nSPS) is 14.2. The van der Waals surface area contributed by atoms with E-state index in [0.717, 1.165) is 25.0 Å². The molecule has 216 valence electrons. The SMILES string of the molecule is CC(C)Cc1nc2c(cnn2C(C)C2CC2)c(-c2cc(C(=O)O)c3c(cnn3Cc3ccc(F)c(F)c3)c2)c1C(N)=O. The zero-order valence-corrected chi connectivity index (χ0v) is 23.4. The van der Waals surface area contributed by atoms with Crippen molar-refractivity contribution in [3.63, 3.8) is 0 Å². The third-order valence-corrected chi connectivity index (χ3v) is 7.93. The van der Waals surface area contributed by atoms with Gasteiger partial charge in [0.25, 0.3) is 5.91 Å². The van der Waals surface area contributed by atoms with Gasteiger partial charge in [-0.15, -0.1) is 0 Å². The number of amides is 1. The monoisotopic (exact) mass is 572 g/mol. The molecule has 2 aromatic carbocycles. The zero-order valence-electron chi connectivity index (χ0n) is 23.4. The van der Waals surface area contributed by atoms with Crippen molar-refractivity contribution in [2.75, 3.05) is 0 Å². The molecule has 3 heterocycles. The van der Waals surface area contributed by atoms with Gasteiger partial charge in [-0.1, -0.05) is 19.9 Å². The predicted molar refractivity (Wildman–Crippen MR) is 153 cm³/mol. The Hall–Kier alpha value is -4.67. The third kappa shape index (κ3) is 4.78. The summed E-state index contributed by atoms with van der Waals surface area (Å²) in [6.45, 7) is 6.18. The number of halogens is 2. The predicted octanol–water partition coefficient (Wildman–Crippen LogP) is 5.74. The van der Waals surface area contributed by atoms with E-state index in [2.05, 4.69) is 17.1 Å². The zero-order chi connectivity index (χ0) is 29.9. The van der Waals surface area contributed by atoms with Gasteiger partial charge in [-0.25, -0.2) is 23.2 Å². The lowest BCUT2D eigenvalue weighted by atomic mass is 9.91. The van der Waals surface area contributed by atoms with Crippen LogP contribution in [0.5, 0.6) is 0 Å². The topological polar surface area (TPSA) is 129 Å². The van der Waals surface area contributed by atoms with Crippen molar-refractivity contribution in [3.05, 3.63) is 76.7 Å². The summed E-state index contributed by atoms with van der Waals surface area (Å²) in [5.41, 5.74) is 8.98. The van der Waals surface area contributed by atoms with E-state index >= 15 is 0 Å². The summed E-state index contributed by atoms with van der Waals surface area (Å²) in [6.07, 6.45) is 5.90. The van der Waals surface area contributed by atoms with Crippen LogP contribution in [0, 0.1) is 23.5 Å². The average Bonchev–Trinajstić information content (AvgIpc) is 3.59. The van der Waals surface area contributed by atoms with Crippen LogP contribution < -0.4 is 5.73 Å². The Morgan fingerprint density at radius 3 is 2.48 bits per heavy atom. The molecule has 6 rings (SSSR count). The molecule has 5 aromatic rings. The van der Waals surface area contributed by atoms with Crippen molar-refractivity contribution in [2.45, 2.75) is 52.6 Å². The number of nitrogens with zero attached hydrogens (tertiary/aromatic N) is 5. The molecule has 0 aliphatic heterocycles. The molecule has 1 atom stereocenters. The quantitative estimate of drug-likeness (QED) is 0.232.